The van der Waals surface area contributed by atoms with Crippen LogP contribution in [0.3, 0.4) is 0 Å². The molecule has 1 aliphatic rings. The summed E-state index contributed by atoms with van der Waals surface area (Å²) in [5.41, 5.74) is 0. The van der Waals surface area contributed by atoms with Crippen molar-refractivity contribution in [2.45, 2.75) is 51.8 Å². The molecule has 0 radical (unpaired) electrons. The number of hydrogen-bond acceptors (Lipinski definition) is 10. The number of aliphatic hydroxyl groups is 1. The third-order valence-electron chi connectivity index (χ3n) is 3.00. The number of ether oxygens (including phenoxy) is 5. The van der Waals surface area contributed by atoms with Gasteiger partial charge in [0.2, 0.25) is 5.79 Å². The Morgan fingerprint density at radius 1 is 0.958 bits per heavy atom. The summed E-state index contributed by atoms with van der Waals surface area (Å²) in [7, 11) is 0. The van der Waals surface area contributed by atoms with Gasteiger partial charge in [0.15, 0.2) is 18.3 Å². The van der Waals surface area contributed by atoms with Crippen LogP contribution >= 0.6 is 0 Å². The van der Waals surface area contributed by atoms with Crippen LogP contribution in [-0.4, -0.2) is 66.3 Å². The quantitative estimate of drug-likeness (QED) is 0.490. The smallest absolute Gasteiger partial charge is 0.303 e. The van der Waals surface area contributed by atoms with E-state index in [1.54, 1.807) is 0 Å². The van der Waals surface area contributed by atoms with Gasteiger partial charge in [-0.2, -0.15) is 0 Å². The van der Waals surface area contributed by atoms with E-state index in [1.165, 1.54) is 0 Å². The van der Waals surface area contributed by atoms with E-state index >= 15 is 0 Å². The van der Waals surface area contributed by atoms with Gasteiger partial charge in [0.1, 0.15) is 6.61 Å². The van der Waals surface area contributed by atoms with Gasteiger partial charge in [-0.05, 0) is 0 Å². The highest BCUT2D eigenvalue weighted by atomic mass is 16.7. The zero-order valence-corrected chi connectivity index (χ0v) is 13.8. The standard InChI is InChI=1S/C14H20O10/c1-7(15)20-6-14(19)13(24-10(4)18)12(23-9(3)17)11(5-21-14)22-8(2)16/h11-13,19H,5-6H2,1-4H3/t11?,12?,13-,14-/m0/s1. The van der Waals surface area contributed by atoms with E-state index in [0.717, 1.165) is 27.7 Å². The molecule has 0 aromatic heterocycles. The SMILES string of the molecule is CC(=O)OC[C@]1(O)OCC(OC(C)=O)C(OC(C)=O)[C@@H]1OC(C)=O. The monoisotopic (exact) mass is 348 g/mol. The van der Waals surface area contributed by atoms with E-state index in [0.29, 0.717) is 0 Å². The van der Waals surface area contributed by atoms with Crippen molar-refractivity contribution >= 4 is 23.9 Å². The molecule has 2 unspecified atom stereocenters. The molecule has 0 aromatic carbocycles. The molecule has 0 aliphatic carbocycles. The molecular weight excluding hydrogens is 328 g/mol. The second-order valence-corrected chi connectivity index (χ2v) is 5.19. The number of rotatable bonds is 5. The van der Waals surface area contributed by atoms with Crippen molar-refractivity contribution in [3.05, 3.63) is 0 Å². The molecule has 4 atom stereocenters. The zero-order chi connectivity index (χ0) is 18.5. The number of esters is 4. The maximum absolute atomic E-state index is 11.4. The van der Waals surface area contributed by atoms with Crippen LogP contribution in [0, 0.1) is 0 Å². The molecule has 1 fully saturated rings. The minimum Gasteiger partial charge on any atom is -0.460 e. The predicted molar refractivity (Wildman–Crippen MR) is 74.2 cm³/mol. The van der Waals surface area contributed by atoms with E-state index in [4.69, 9.17) is 23.7 Å². The lowest BCUT2D eigenvalue weighted by Crippen LogP contribution is -2.65. The molecule has 0 saturated carbocycles. The summed E-state index contributed by atoms with van der Waals surface area (Å²) in [6, 6.07) is 0. The highest BCUT2D eigenvalue weighted by Crippen LogP contribution is 2.31. The third kappa shape index (κ3) is 5.46. The highest BCUT2D eigenvalue weighted by molar-refractivity contribution is 5.68. The van der Waals surface area contributed by atoms with Crippen LogP contribution in [0.4, 0.5) is 0 Å². The molecule has 0 aromatic rings. The molecule has 0 bridgehead atoms. The first kappa shape index (κ1) is 19.8. The summed E-state index contributed by atoms with van der Waals surface area (Å²) in [4.78, 5) is 44.9. The van der Waals surface area contributed by atoms with E-state index in [-0.39, 0.29) is 6.61 Å². The van der Waals surface area contributed by atoms with Crippen molar-refractivity contribution in [2.24, 2.45) is 0 Å². The van der Waals surface area contributed by atoms with Crippen LogP contribution < -0.4 is 0 Å². The summed E-state index contributed by atoms with van der Waals surface area (Å²) in [5, 5.41) is 10.6. The van der Waals surface area contributed by atoms with Crippen LogP contribution in [0.5, 0.6) is 0 Å². The topological polar surface area (TPSA) is 135 Å². The van der Waals surface area contributed by atoms with Gasteiger partial charge in [0.25, 0.3) is 0 Å². The normalized spacial score (nSPS) is 29.3. The van der Waals surface area contributed by atoms with Gasteiger partial charge in [-0.15, -0.1) is 0 Å². The maximum Gasteiger partial charge on any atom is 0.303 e. The zero-order valence-electron chi connectivity index (χ0n) is 13.8. The second-order valence-electron chi connectivity index (χ2n) is 5.19. The van der Waals surface area contributed by atoms with Crippen molar-refractivity contribution in [3.8, 4) is 0 Å². The van der Waals surface area contributed by atoms with Crippen molar-refractivity contribution in [1.29, 1.82) is 0 Å². The van der Waals surface area contributed by atoms with Crippen LogP contribution in [0.2, 0.25) is 0 Å². The molecule has 0 spiro atoms. The van der Waals surface area contributed by atoms with Gasteiger partial charge in [-0.25, -0.2) is 0 Å². The highest BCUT2D eigenvalue weighted by Gasteiger charge is 2.56. The number of carbonyl (C=O) groups excluding carboxylic acids is 4. The van der Waals surface area contributed by atoms with E-state index in [9.17, 15) is 24.3 Å². The van der Waals surface area contributed by atoms with Crippen molar-refractivity contribution in [3.63, 3.8) is 0 Å². The van der Waals surface area contributed by atoms with E-state index in [1.807, 2.05) is 0 Å². The molecule has 1 heterocycles. The fourth-order valence-electron chi connectivity index (χ4n) is 2.17. The molecular formula is C14H20O10. The van der Waals surface area contributed by atoms with Gasteiger partial charge in [-0.1, -0.05) is 0 Å². The van der Waals surface area contributed by atoms with Crippen LogP contribution in [0.15, 0.2) is 0 Å². The summed E-state index contributed by atoms with van der Waals surface area (Å²) in [6.45, 7) is 3.35. The maximum atomic E-state index is 11.4. The van der Waals surface area contributed by atoms with Crippen LogP contribution in [0.25, 0.3) is 0 Å². The molecule has 1 saturated heterocycles. The average molecular weight is 348 g/mol. The van der Waals surface area contributed by atoms with E-state index < -0.39 is 54.6 Å². The second kappa shape index (κ2) is 8.06. The van der Waals surface area contributed by atoms with Gasteiger partial charge in [0, 0.05) is 27.7 Å². The molecule has 136 valence electrons. The molecule has 10 heteroatoms. The lowest BCUT2D eigenvalue weighted by molar-refractivity contribution is -0.335. The Labute approximate surface area is 137 Å². The number of carbonyl (C=O) groups is 4. The summed E-state index contributed by atoms with van der Waals surface area (Å²) in [5.74, 6) is -5.24. The Morgan fingerprint density at radius 2 is 1.50 bits per heavy atom. The first-order valence-electron chi connectivity index (χ1n) is 7.06. The number of hydrogen-bond donors (Lipinski definition) is 1. The first-order chi connectivity index (χ1) is 11.0. The Kier molecular flexibility index (Phi) is 6.67. The first-order valence-corrected chi connectivity index (χ1v) is 7.06. The fraction of sp³-hybridized carbons (Fsp3) is 0.714. The minimum absolute atomic E-state index is 0.368. The largest absolute Gasteiger partial charge is 0.460 e. The molecule has 0 amide bonds. The van der Waals surface area contributed by atoms with Gasteiger partial charge in [-0.3, -0.25) is 19.2 Å². The summed E-state index contributed by atoms with van der Waals surface area (Å²) >= 11 is 0. The lowest BCUT2D eigenvalue weighted by Gasteiger charge is -2.44. The van der Waals surface area contributed by atoms with Crippen LogP contribution in [0.1, 0.15) is 27.7 Å². The van der Waals surface area contributed by atoms with Gasteiger partial charge < -0.3 is 28.8 Å². The average Bonchev–Trinajstić information content (AvgIpc) is 2.43. The molecule has 10 nitrogen and oxygen atoms in total. The predicted octanol–water partition coefficient (Wildman–Crippen LogP) is -0.937. The van der Waals surface area contributed by atoms with Crippen molar-refractivity contribution in [1.82, 2.24) is 0 Å². The summed E-state index contributed by atoms with van der Waals surface area (Å²) < 4.78 is 24.9. The molecule has 24 heavy (non-hydrogen) atoms. The Balaban J connectivity index is 3.14. The third-order valence-corrected chi connectivity index (χ3v) is 3.00. The lowest BCUT2D eigenvalue weighted by atomic mass is 9.96. The fourth-order valence-corrected chi connectivity index (χ4v) is 2.17. The molecule has 1 rings (SSSR count). The van der Waals surface area contributed by atoms with Gasteiger partial charge in [0.05, 0.1) is 6.61 Å². The van der Waals surface area contributed by atoms with E-state index in [2.05, 4.69) is 0 Å². The minimum atomic E-state index is -2.27. The Bertz CT molecular complexity index is 516. The summed E-state index contributed by atoms with van der Waals surface area (Å²) in [6.07, 6.45) is -4.03. The van der Waals surface area contributed by atoms with Crippen molar-refractivity contribution in [2.75, 3.05) is 13.2 Å². The van der Waals surface area contributed by atoms with Crippen LogP contribution in [-0.2, 0) is 42.9 Å². The molecule has 1 aliphatic heterocycles. The molecule has 1 N–H and O–H groups in total. The van der Waals surface area contributed by atoms with Gasteiger partial charge >= 0.3 is 23.9 Å². The Hall–Kier alpha value is -2.20. The van der Waals surface area contributed by atoms with Crippen molar-refractivity contribution < 1.29 is 48.0 Å². The Morgan fingerprint density at radius 3 is 1.96 bits per heavy atom.